The summed E-state index contributed by atoms with van der Waals surface area (Å²) in [7, 11) is 5.72. The second-order valence-corrected chi connectivity index (χ2v) is 3.34. The van der Waals surface area contributed by atoms with E-state index in [9.17, 15) is 0 Å². The van der Waals surface area contributed by atoms with E-state index in [-0.39, 0.29) is 0 Å². The maximum atomic E-state index is 5.28. The Balaban J connectivity index is 2.65. The Bertz CT molecular complexity index is 276. The highest BCUT2D eigenvalue weighted by Crippen LogP contribution is 2.18. The van der Waals surface area contributed by atoms with Gasteiger partial charge in [-0.05, 0) is 20.2 Å². The first-order valence-electron chi connectivity index (χ1n) is 4.73. The quantitative estimate of drug-likeness (QED) is 0.715. The standard InChI is InChI=1S/C11H18N2O/c1-12-9-13(2)8-10-6-4-5-7-11(10)14-3/h4-7,12H,8-9H2,1-3H3. The van der Waals surface area contributed by atoms with Gasteiger partial charge in [-0.1, -0.05) is 18.2 Å². The van der Waals surface area contributed by atoms with Crippen molar-refractivity contribution >= 4 is 0 Å². The fourth-order valence-corrected chi connectivity index (χ4v) is 1.45. The van der Waals surface area contributed by atoms with Crippen LogP contribution in [-0.4, -0.2) is 32.8 Å². The Morgan fingerprint density at radius 3 is 2.71 bits per heavy atom. The van der Waals surface area contributed by atoms with Crippen LogP contribution in [0.2, 0.25) is 0 Å². The fourth-order valence-electron chi connectivity index (χ4n) is 1.45. The SMILES string of the molecule is CNCN(C)Cc1ccccc1OC. The summed E-state index contributed by atoms with van der Waals surface area (Å²) in [6, 6.07) is 8.10. The number of benzene rings is 1. The van der Waals surface area contributed by atoms with Gasteiger partial charge in [-0.15, -0.1) is 0 Å². The number of hydrogen-bond acceptors (Lipinski definition) is 3. The van der Waals surface area contributed by atoms with Crippen molar-refractivity contribution in [2.24, 2.45) is 0 Å². The van der Waals surface area contributed by atoms with Crippen molar-refractivity contribution in [1.29, 1.82) is 0 Å². The number of rotatable bonds is 5. The van der Waals surface area contributed by atoms with Crippen LogP contribution in [-0.2, 0) is 6.54 Å². The zero-order chi connectivity index (χ0) is 10.4. The lowest BCUT2D eigenvalue weighted by Gasteiger charge is -2.17. The van der Waals surface area contributed by atoms with E-state index in [0.29, 0.717) is 0 Å². The summed E-state index contributed by atoms with van der Waals surface area (Å²) in [6.45, 7) is 1.77. The van der Waals surface area contributed by atoms with Crippen LogP contribution in [0.1, 0.15) is 5.56 Å². The summed E-state index contributed by atoms with van der Waals surface area (Å²) in [5.41, 5.74) is 1.22. The van der Waals surface area contributed by atoms with Crippen LogP contribution < -0.4 is 10.1 Å². The molecule has 0 unspecified atom stereocenters. The van der Waals surface area contributed by atoms with E-state index < -0.39 is 0 Å². The highest BCUT2D eigenvalue weighted by atomic mass is 16.5. The van der Waals surface area contributed by atoms with Gasteiger partial charge in [0.1, 0.15) is 5.75 Å². The van der Waals surface area contributed by atoms with E-state index in [0.717, 1.165) is 19.0 Å². The molecule has 0 aromatic heterocycles. The van der Waals surface area contributed by atoms with Gasteiger partial charge in [-0.2, -0.15) is 0 Å². The van der Waals surface area contributed by atoms with E-state index in [1.165, 1.54) is 5.56 Å². The molecule has 0 saturated carbocycles. The largest absolute Gasteiger partial charge is 0.496 e. The molecule has 0 radical (unpaired) electrons. The predicted molar refractivity (Wildman–Crippen MR) is 58.4 cm³/mol. The molecule has 1 rings (SSSR count). The van der Waals surface area contributed by atoms with Gasteiger partial charge < -0.3 is 10.1 Å². The molecule has 0 heterocycles. The first-order chi connectivity index (χ1) is 6.77. The molecule has 78 valence electrons. The van der Waals surface area contributed by atoms with Crippen molar-refractivity contribution in [3.8, 4) is 5.75 Å². The van der Waals surface area contributed by atoms with E-state index in [2.05, 4.69) is 23.3 Å². The maximum Gasteiger partial charge on any atom is 0.123 e. The zero-order valence-corrected chi connectivity index (χ0v) is 9.08. The van der Waals surface area contributed by atoms with E-state index in [1.54, 1.807) is 7.11 Å². The Morgan fingerprint density at radius 1 is 1.36 bits per heavy atom. The lowest BCUT2D eigenvalue weighted by Crippen LogP contribution is -2.28. The second kappa shape index (κ2) is 5.62. The Hall–Kier alpha value is -1.06. The van der Waals surface area contributed by atoms with Gasteiger partial charge in [-0.3, -0.25) is 4.90 Å². The zero-order valence-electron chi connectivity index (χ0n) is 9.08. The van der Waals surface area contributed by atoms with Gasteiger partial charge in [-0.25, -0.2) is 0 Å². The molecule has 0 aliphatic carbocycles. The molecule has 0 aliphatic rings. The minimum Gasteiger partial charge on any atom is -0.496 e. The molecule has 0 bridgehead atoms. The normalized spacial score (nSPS) is 10.6. The number of nitrogens with zero attached hydrogens (tertiary/aromatic N) is 1. The third kappa shape index (κ3) is 3.01. The highest BCUT2D eigenvalue weighted by Gasteiger charge is 2.03. The summed E-state index contributed by atoms with van der Waals surface area (Å²) in [4.78, 5) is 2.19. The van der Waals surface area contributed by atoms with Crippen LogP contribution in [0.3, 0.4) is 0 Å². The Morgan fingerprint density at radius 2 is 2.07 bits per heavy atom. The minimum absolute atomic E-state index is 0.873. The molecule has 3 nitrogen and oxygen atoms in total. The van der Waals surface area contributed by atoms with Crippen molar-refractivity contribution in [3.63, 3.8) is 0 Å². The summed E-state index contributed by atoms with van der Waals surface area (Å²) in [5.74, 6) is 0.954. The van der Waals surface area contributed by atoms with Crippen LogP contribution >= 0.6 is 0 Å². The topological polar surface area (TPSA) is 24.5 Å². The average Bonchev–Trinajstić information content (AvgIpc) is 2.19. The molecule has 0 atom stereocenters. The maximum absolute atomic E-state index is 5.28. The molecule has 1 aromatic rings. The molecule has 1 aromatic carbocycles. The monoisotopic (exact) mass is 194 g/mol. The van der Waals surface area contributed by atoms with E-state index in [4.69, 9.17) is 4.74 Å². The van der Waals surface area contributed by atoms with E-state index in [1.807, 2.05) is 25.2 Å². The lowest BCUT2D eigenvalue weighted by molar-refractivity contribution is 0.302. The van der Waals surface area contributed by atoms with Gasteiger partial charge in [0.15, 0.2) is 0 Å². The van der Waals surface area contributed by atoms with E-state index >= 15 is 0 Å². The van der Waals surface area contributed by atoms with Crippen LogP contribution in [0.5, 0.6) is 5.75 Å². The first kappa shape index (κ1) is 11.0. The second-order valence-electron chi connectivity index (χ2n) is 3.34. The smallest absolute Gasteiger partial charge is 0.123 e. The Labute approximate surface area is 85.7 Å². The number of hydrogen-bond donors (Lipinski definition) is 1. The van der Waals surface area contributed by atoms with Crippen LogP contribution in [0.4, 0.5) is 0 Å². The summed E-state index contributed by atoms with van der Waals surface area (Å²) >= 11 is 0. The fraction of sp³-hybridized carbons (Fsp3) is 0.455. The number of methoxy groups -OCH3 is 1. The molecular formula is C11H18N2O. The van der Waals surface area contributed by atoms with Crippen LogP contribution in [0, 0.1) is 0 Å². The van der Waals surface area contributed by atoms with Crippen molar-refractivity contribution < 1.29 is 4.74 Å². The van der Waals surface area contributed by atoms with Gasteiger partial charge in [0.2, 0.25) is 0 Å². The van der Waals surface area contributed by atoms with Crippen LogP contribution in [0.15, 0.2) is 24.3 Å². The van der Waals surface area contributed by atoms with Gasteiger partial charge in [0, 0.05) is 18.8 Å². The predicted octanol–water partition coefficient (Wildman–Crippen LogP) is 1.30. The third-order valence-electron chi connectivity index (χ3n) is 2.06. The summed E-state index contributed by atoms with van der Waals surface area (Å²) in [5, 5.41) is 3.11. The van der Waals surface area contributed by atoms with Crippen molar-refractivity contribution in [1.82, 2.24) is 10.2 Å². The molecule has 1 N–H and O–H groups in total. The van der Waals surface area contributed by atoms with Crippen LogP contribution in [0.25, 0.3) is 0 Å². The van der Waals surface area contributed by atoms with Gasteiger partial charge in [0.25, 0.3) is 0 Å². The molecule has 0 aliphatic heterocycles. The summed E-state index contributed by atoms with van der Waals surface area (Å²) < 4.78 is 5.28. The molecule has 3 heteroatoms. The van der Waals surface area contributed by atoms with Crippen molar-refractivity contribution in [3.05, 3.63) is 29.8 Å². The van der Waals surface area contributed by atoms with Gasteiger partial charge >= 0.3 is 0 Å². The number of ether oxygens (including phenoxy) is 1. The molecule has 0 amide bonds. The molecule has 14 heavy (non-hydrogen) atoms. The van der Waals surface area contributed by atoms with Crippen molar-refractivity contribution in [2.45, 2.75) is 6.54 Å². The number of para-hydroxylation sites is 1. The van der Waals surface area contributed by atoms with Crippen molar-refractivity contribution in [2.75, 3.05) is 27.9 Å². The first-order valence-corrected chi connectivity index (χ1v) is 4.73. The number of nitrogens with one attached hydrogen (secondary N) is 1. The lowest BCUT2D eigenvalue weighted by atomic mass is 10.2. The minimum atomic E-state index is 0.873. The average molecular weight is 194 g/mol. The molecular weight excluding hydrogens is 176 g/mol. The highest BCUT2D eigenvalue weighted by molar-refractivity contribution is 5.32. The third-order valence-corrected chi connectivity index (χ3v) is 2.06. The molecule has 0 fully saturated rings. The summed E-state index contributed by atoms with van der Waals surface area (Å²) in [6.07, 6.45) is 0. The molecule has 0 spiro atoms. The van der Waals surface area contributed by atoms with Gasteiger partial charge in [0.05, 0.1) is 7.11 Å². The molecule has 0 saturated heterocycles. The Kier molecular flexibility index (Phi) is 4.43.